The van der Waals surface area contributed by atoms with Crippen LogP contribution in [0, 0.1) is 11.8 Å². The average molecular weight is 383 g/mol. The summed E-state index contributed by atoms with van der Waals surface area (Å²) in [7, 11) is 0. The molecule has 1 saturated carbocycles. The number of aromatic carboxylic acids is 1. The number of carbonyl (C=O) groups is 1. The Bertz CT molecular complexity index is 967. The normalized spacial score (nSPS) is 23.8. The average Bonchev–Trinajstić information content (AvgIpc) is 3.23. The van der Waals surface area contributed by atoms with Crippen LogP contribution < -0.4 is 16.2 Å². The fourth-order valence-corrected chi connectivity index (χ4v) is 4.77. The first kappa shape index (κ1) is 18.6. The van der Waals surface area contributed by atoms with E-state index >= 15 is 0 Å². The van der Waals surface area contributed by atoms with Gasteiger partial charge in [-0.3, -0.25) is 4.79 Å². The summed E-state index contributed by atoms with van der Waals surface area (Å²) in [5.41, 5.74) is 7.54. The van der Waals surface area contributed by atoms with Gasteiger partial charge in [-0.1, -0.05) is 19.1 Å². The van der Waals surface area contributed by atoms with Crippen LogP contribution in [0.1, 0.15) is 35.7 Å². The van der Waals surface area contributed by atoms with E-state index in [4.69, 9.17) is 5.73 Å². The number of hydrogen-bond donors (Lipinski definition) is 4. The van der Waals surface area contributed by atoms with Gasteiger partial charge in [0, 0.05) is 30.4 Å². The molecule has 1 unspecified atom stereocenters. The van der Waals surface area contributed by atoms with E-state index < -0.39 is 22.8 Å². The van der Waals surface area contributed by atoms with Crippen molar-refractivity contribution in [2.24, 2.45) is 17.6 Å². The van der Waals surface area contributed by atoms with Crippen molar-refractivity contribution in [1.29, 1.82) is 0 Å². The first-order chi connectivity index (χ1) is 13.4. The summed E-state index contributed by atoms with van der Waals surface area (Å²) in [6, 6.07) is 8.09. The van der Waals surface area contributed by atoms with Gasteiger partial charge in [-0.25, -0.2) is 4.79 Å². The minimum atomic E-state index is -1.44. The molecule has 2 fully saturated rings. The molecule has 28 heavy (non-hydrogen) atoms. The number of anilines is 1. The molecule has 2 aliphatic rings. The summed E-state index contributed by atoms with van der Waals surface area (Å²) in [6.07, 6.45) is 2.70. The number of pyridine rings is 1. The molecule has 7 heteroatoms. The molecule has 0 amide bonds. The number of aromatic nitrogens is 1. The number of nitrogens with one attached hydrogen (secondary N) is 1. The van der Waals surface area contributed by atoms with Gasteiger partial charge in [0.05, 0.1) is 5.69 Å². The number of fused-ring (bicyclic) bond motifs is 1. The first-order valence-electron chi connectivity index (χ1n) is 9.73. The second-order valence-electron chi connectivity index (χ2n) is 7.81. The zero-order valence-electron chi connectivity index (χ0n) is 15.8. The molecule has 3 atom stereocenters. The summed E-state index contributed by atoms with van der Waals surface area (Å²) in [6.45, 7) is 3.79. The molecule has 4 rings (SSSR count). The van der Waals surface area contributed by atoms with E-state index in [9.17, 15) is 19.8 Å². The molecular weight excluding hydrogens is 358 g/mol. The first-order valence-corrected chi connectivity index (χ1v) is 9.73. The van der Waals surface area contributed by atoms with E-state index in [-0.39, 0.29) is 0 Å². The van der Waals surface area contributed by atoms with Crippen molar-refractivity contribution >= 4 is 11.7 Å². The van der Waals surface area contributed by atoms with Crippen molar-refractivity contribution in [1.82, 2.24) is 4.98 Å². The van der Waals surface area contributed by atoms with Crippen LogP contribution in [0.2, 0.25) is 0 Å². The Balaban J connectivity index is 1.65. The lowest BCUT2D eigenvalue weighted by Gasteiger charge is -2.21. The molecule has 0 bridgehead atoms. The molecule has 1 aliphatic heterocycles. The number of nitrogens with zero attached hydrogens (tertiary/aromatic N) is 1. The quantitative estimate of drug-likeness (QED) is 0.642. The number of hydrogen-bond acceptors (Lipinski definition) is 5. The van der Waals surface area contributed by atoms with Crippen LogP contribution >= 0.6 is 0 Å². The van der Waals surface area contributed by atoms with Gasteiger partial charge in [-0.15, -0.1) is 0 Å². The third-order valence-electron chi connectivity index (χ3n) is 6.29. The molecule has 5 N–H and O–H groups in total. The van der Waals surface area contributed by atoms with Crippen LogP contribution in [0.4, 0.5) is 5.69 Å². The van der Waals surface area contributed by atoms with E-state index in [2.05, 4.69) is 9.88 Å². The Hall–Kier alpha value is -2.80. The maximum atomic E-state index is 12.1. The van der Waals surface area contributed by atoms with Crippen molar-refractivity contribution in [3.05, 3.63) is 45.7 Å². The minimum Gasteiger partial charge on any atom is -0.506 e. The number of nitrogens with two attached hydrogens (primary N) is 1. The van der Waals surface area contributed by atoms with Gasteiger partial charge < -0.3 is 25.8 Å². The zero-order chi connectivity index (χ0) is 20.0. The van der Waals surface area contributed by atoms with E-state index in [0.29, 0.717) is 35.6 Å². The summed E-state index contributed by atoms with van der Waals surface area (Å²) >= 11 is 0. The number of carboxylic acid groups (broad SMARTS) is 1. The molecule has 1 aliphatic carbocycles. The van der Waals surface area contributed by atoms with Crippen LogP contribution in [-0.2, 0) is 6.42 Å². The van der Waals surface area contributed by atoms with Crippen molar-refractivity contribution in [3.63, 3.8) is 0 Å². The van der Waals surface area contributed by atoms with E-state index in [0.717, 1.165) is 30.8 Å². The second kappa shape index (κ2) is 6.98. The molecule has 0 spiro atoms. The fraction of sp³-hybridized carbons (Fsp3) is 0.429. The third-order valence-corrected chi connectivity index (χ3v) is 6.29. The van der Waals surface area contributed by atoms with Gasteiger partial charge in [0.25, 0.3) is 5.56 Å². The van der Waals surface area contributed by atoms with Crippen LogP contribution in [0.5, 0.6) is 5.75 Å². The maximum Gasteiger partial charge on any atom is 0.345 e. The van der Waals surface area contributed by atoms with Crippen LogP contribution in [0.3, 0.4) is 0 Å². The smallest absolute Gasteiger partial charge is 0.345 e. The second-order valence-corrected chi connectivity index (χ2v) is 7.81. The summed E-state index contributed by atoms with van der Waals surface area (Å²) in [5, 5.41) is 19.5. The van der Waals surface area contributed by atoms with Gasteiger partial charge >= 0.3 is 5.97 Å². The molecular formula is C21H25N3O4. The van der Waals surface area contributed by atoms with E-state index in [1.54, 1.807) is 0 Å². The summed E-state index contributed by atoms with van der Waals surface area (Å²) in [5.74, 6) is -0.672. The Morgan fingerprint density at radius 3 is 2.57 bits per heavy atom. The van der Waals surface area contributed by atoms with Gasteiger partial charge in [0.1, 0.15) is 5.75 Å². The van der Waals surface area contributed by atoms with Crippen LogP contribution in [0.25, 0.3) is 11.3 Å². The molecule has 1 saturated heterocycles. The molecule has 7 nitrogen and oxygen atoms in total. The van der Waals surface area contributed by atoms with E-state index in [1.807, 2.05) is 31.2 Å². The minimum absolute atomic E-state index is 0.294. The highest BCUT2D eigenvalue weighted by molar-refractivity contribution is 5.92. The van der Waals surface area contributed by atoms with Crippen LogP contribution in [0.15, 0.2) is 29.1 Å². The number of rotatable bonds is 4. The monoisotopic (exact) mass is 383 g/mol. The van der Waals surface area contributed by atoms with Crippen molar-refractivity contribution in [3.8, 4) is 17.0 Å². The largest absolute Gasteiger partial charge is 0.506 e. The number of aromatic hydroxyl groups is 1. The van der Waals surface area contributed by atoms with Gasteiger partial charge in [0.2, 0.25) is 0 Å². The number of H-pyrrole nitrogens is 1. The third kappa shape index (κ3) is 2.96. The Labute approximate surface area is 162 Å². The lowest BCUT2D eigenvalue weighted by Crippen LogP contribution is -2.30. The summed E-state index contributed by atoms with van der Waals surface area (Å²) < 4.78 is 0. The highest BCUT2D eigenvalue weighted by Gasteiger charge is 2.40. The Morgan fingerprint density at radius 1 is 1.25 bits per heavy atom. The number of benzene rings is 1. The maximum absolute atomic E-state index is 12.1. The summed E-state index contributed by atoms with van der Waals surface area (Å²) in [4.78, 5) is 28.4. The predicted molar refractivity (Wildman–Crippen MR) is 107 cm³/mol. The Morgan fingerprint density at radius 2 is 1.96 bits per heavy atom. The zero-order valence-corrected chi connectivity index (χ0v) is 15.8. The molecule has 2 aromatic rings. The standard InChI is InChI=1S/C21H25N3O4/c1-2-14-18(23-20(26)17(19(14)25)21(27)28)11-3-6-13(7-4-11)24-9-12-5-8-16(22)15(12)10-24/h3-4,6-7,12,15-16H,2,5,8-10,22H2,1H3,(H,27,28)(H2,23,25,26)/t12-,15?,16-/m1/s1. The molecule has 2 heterocycles. The predicted octanol–water partition coefficient (Wildman–Crippen LogP) is 2.18. The van der Waals surface area contributed by atoms with E-state index in [1.165, 1.54) is 6.42 Å². The number of aromatic amines is 1. The van der Waals surface area contributed by atoms with Crippen molar-refractivity contribution in [2.45, 2.75) is 32.2 Å². The molecule has 148 valence electrons. The topological polar surface area (TPSA) is 120 Å². The number of carboxylic acids is 1. The fourth-order valence-electron chi connectivity index (χ4n) is 4.77. The lowest BCUT2D eigenvalue weighted by molar-refractivity contribution is 0.0691. The van der Waals surface area contributed by atoms with Crippen molar-refractivity contribution < 1.29 is 15.0 Å². The van der Waals surface area contributed by atoms with Crippen LogP contribution in [-0.4, -0.2) is 40.3 Å². The molecule has 1 aromatic carbocycles. The lowest BCUT2D eigenvalue weighted by atomic mass is 9.98. The highest BCUT2D eigenvalue weighted by atomic mass is 16.4. The highest BCUT2D eigenvalue weighted by Crippen LogP contribution is 2.39. The molecule has 1 aromatic heterocycles. The SMILES string of the molecule is CCc1c(-c2ccc(N3CC4[C@H](CC[C@H]4N)C3)cc2)[nH]c(=O)c(C(=O)O)c1O. The van der Waals surface area contributed by atoms with Gasteiger partial charge in [0.15, 0.2) is 5.56 Å². The van der Waals surface area contributed by atoms with Crippen molar-refractivity contribution in [2.75, 3.05) is 18.0 Å². The molecule has 0 radical (unpaired) electrons. The van der Waals surface area contributed by atoms with Gasteiger partial charge in [-0.05, 0) is 48.8 Å². The Kier molecular flexibility index (Phi) is 4.63. The van der Waals surface area contributed by atoms with Gasteiger partial charge in [-0.2, -0.15) is 0 Å².